The van der Waals surface area contributed by atoms with Crippen LogP contribution in [0.5, 0.6) is 0 Å². The molecule has 0 bridgehead atoms. The Morgan fingerprint density at radius 3 is 2.84 bits per heavy atom. The first-order valence-corrected chi connectivity index (χ1v) is 8.00. The fourth-order valence-corrected chi connectivity index (χ4v) is 3.38. The summed E-state index contributed by atoms with van der Waals surface area (Å²) in [6.45, 7) is 1.94. The van der Waals surface area contributed by atoms with Crippen molar-refractivity contribution in [3.8, 4) is 0 Å². The number of hydrogen-bond acceptors (Lipinski definition) is 4. The van der Waals surface area contributed by atoms with Crippen molar-refractivity contribution in [2.75, 3.05) is 5.73 Å². The molecule has 3 nitrogen and oxygen atoms in total. The number of anilines is 1. The predicted octanol–water partition coefficient (Wildman–Crippen LogP) is 3.65. The fourth-order valence-electron chi connectivity index (χ4n) is 2.22. The quantitative estimate of drug-likeness (QED) is 0.905. The second-order valence-corrected chi connectivity index (χ2v) is 6.99. The highest BCUT2D eigenvalue weighted by molar-refractivity contribution is 9.10. The Hall–Kier alpha value is -0.910. The SMILES string of the molecule is Nc1ncc(CN(Cc2cccc(Br)c2)C2CC2)s1. The Morgan fingerprint density at radius 2 is 2.21 bits per heavy atom. The van der Waals surface area contributed by atoms with Crippen LogP contribution in [-0.4, -0.2) is 15.9 Å². The highest BCUT2D eigenvalue weighted by Crippen LogP contribution is 2.31. The molecule has 0 radical (unpaired) electrons. The molecule has 2 N–H and O–H groups in total. The Labute approximate surface area is 125 Å². The summed E-state index contributed by atoms with van der Waals surface area (Å²) >= 11 is 5.12. The summed E-state index contributed by atoms with van der Waals surface area (Å²) in [4.78, 5) is 7.90. The van der Waals surface area contributed by atoms with E-state index in [1.54, 1.807) is 11.3 Å². The van der Waals surface area contributed by atoms with Gasteiger partial charge < -0.3 is 5.73 Å². The lowest BCUT2D eigenvalue weighted by Gasteiger charge is -2.21. The van der Waals surface area contributed by atoms with E-state index in [-0.39, 0.29) is 0 Å². The van der Waals surface area contributed by atoms with Crippen molar-refractivity contribution in [3.63, 3.8) is 0 Å². The third-order valence-electron chi connectivity index (χ3n) is 3.27. The third kappa shape index (κ3) is 3.55. The van der Waals surface area contributed by atoms with Crippen LogP contribution in [0.25, 0.3) is 0 Å². The summed E-state index contributed by atoms with van der Waals surface area (Å²) in [5, 5.41) is 0.660. The minimum Gasteiger partial charge on any atom is -0.375 e. The fraction of sp³-hybridized carbons (Fsp3) is 0.357. The third-order valence-corrected chi connectivity index (χ3v) is 4.57. The van der Waals surface area contributed by atoms with Crippen LogP contribution in [0.2, 0.25) is 0 Å². The molecule has 1 fully saturated rings. The molecular weight excluding hydrogens is 322 g/mol. The van der Waals surface area contributed by atoms with Gasteiger partial charge in [0, 0.05) is 34.7 Å². The van der Waals surface area contributed by atoms with Crippen molar-refractivity contribution in [1.82, 2.24) is 9.88 Å². The number of benzene rings is 1. The molecule has 1 aromatic heterocycles. The Kier molecular flexibility index (Phi) is 3.86. The standard InChI is InChI=1S/C14H16BrN3S/c15-11-3-1-2-10(6-11)8-18(12-4-5-12)9-13-7-17-14(16)19-13/h1-3,6-7,12H,4-5,8-9H2,(H2,16,17). The maximum Gasteiger partial charge on any atom is 0.180 e. The van der Waals surface area contributed by atoms with Gasteiger partial charge in [-0.25, -0.2) is 4.98 Å². The molecule has 0 amide bonds. The van der Waals surface area contributed by atoms with E-state index in [9.17, 15) is 0 Å². The van der Waals surface area contributed by atoms with Crippen LogP contribution < -0.4 is 5.73 Å². The molecule has 100 valence electrons. The van der Waals surface area contributed by atoms with E-state index >= 15 is 0 Å². The van der Waals surface area contributed by atoms with E-state index in [0.717, 1.165) is 23.6 Å². The van der Waals surface area contributed by atoms with Crippen LogP contribution in [-0.2, 0) is 13.1 Å². The number of rotatable bonds is 5. The van der Waals surface area contributed by atoms with Gasteiger partial charge in [-0.15, -0.1) is 11.3 Å². The lowest BCUT2D eigenvalue weighted by molar-refractivity contribution is 0.248. The summed E-state index contributed by atoms with van der Waals surface area (Å²) < 4.78 is 1.14. The lowest BCUT2D eigenvalue weighted by atomic mass is 10.2. The molecule has 0 aliphatic heterocycles. The maximum atomic E-state index is 5.70. The number of nitrogens with zero attached hydrogens (tertiary/aromatic N) is 2. The van der Waals surface area contributed by atoms with Gasteiger partial charge in [-0.3, -0.25) is 4.90 Å². The minimum atomic E-state index is 0.660. The van der Waals surface area contributed by atoms with Crippen molar-refractivity contribution in [1.29, 1.82) is 0 Å². The summed E-state index contributed by atoms with van der Waals surface area (Å²) in [7, 11) is 0. The molecule has 5 heteroatoms. The molecule has 2 aromatic rings. The van der Waals surface area contributed by atoms with Crippen LogP contribution >= 0.6 is 27.3 Å². The van der Waals surface area contributed by atoms with Crippen LogP contribution in [0.3, 0.4) is 0 Å². The van der Waals surface area contributed by atoms with Gasteiger partial charge in [0.25, 0.3) is 0 Å². The van der Waals surface area contributed by atoms with Crippen molar-refractivity contribution in [2.45, 2.75) is 32.0 Å². The molecule has 1 aliphatic carbocycles. The summed E-state index contributed by atoms with van der Waals surface area (Å²) in [6, 6.07) is 9.25. The number of nitrogen functional groups attached to an aromatic ring is 1. The summed E-state index contributed by atoms with van der Waals surface area (Å²) in [5.74, 6) is 0. The highest BCUT2D eigenvalue weighted by atomic mass is 79.9. The second-order valence-electron chi connectivity index (χ2n) is 4.93. The van der Waals surface area contributed by atoms with Crippen LogP contribution in [0.15, 0.2) is 34.9 Å². The first kappa shape index (κ1) is 13.1. The van der Waals surface area contributed by atoms with Gasteiger partial charge in [0.2, 0.25) is 0 Å². The molecule has 19 heavy (non-hydrogen) atoms. The van der Waals surface area contributed by atoms with Crippen molar-refractivity contribution in [3.05, 3.63) is 45.4 Å². The van der Waals surface area contributed by atoms with Crippen molar-refractivity contribution >= 4 is 32.4 Å². The molecule has 0 unspecified atom stereocenters. The summed E-state index contributed by atoms with van der Waals surface area (Å²) in [5.41, 5.74) is 7.05. The van der Waals surface area contributed by atoms with E-state index in [4.69, 9.17) is 5.73 Å². The van der Waals surface area contributed by atoms with Crippen LogP contribution in [0.4, 0.5) is 5.13 Å². The molecule has 3 rings (SSSR count). The number of hydrogen-bond donors (Lipinski definition) is 1. The maximum absolute atomic E-state index is 5.70. The second kappa shape index (κ2) is 5.61. The average Bonchev–Trinajstić information content (AvgIpc) is 3.13. The molecule has 0 spiro atoms. The molecule has 1 heterocycles. The number of aromatic nitrogens is 1. The molecule has 0 atom stereocenters. The van der Waals surface area contributed by atoms with Gasteiger partial charge in [-0.2, -0.15) is 0 Å². The minimum absolute atomic E-state index is 0.660. The zero-order valence-electron chi connectivity index (χ0n) is 10.6. The lowest BCUT2D eigenvalue weighted by Crippen LogP contribution is -2.24. The van der Waals surface area contributed by atoms with Gasteiger partial charge in [-0.05, 0) is 30.5 Å². The Morgan fingerprint density at radius 1 is 1.37 bits per heavy atom. The van der Waals surface area contributed by atoms with Crippen LogP contribution in [0, 0.1) is 0 Å². The highest BCUT2D eigenvalue weighted by Gasteiger charge is 2.29. The molecule has 1 saturated carbocycles. The Balaban J connectivity index is 1.71. The van der Waals surface area contributed by atoms with Gasteiger partial charge in [0.05, 0.1) is 0 Å². The molecule has 0 saturated heterocycles. The average molecular weight is 338 g/mol. The first-order valence-electron chi connectivity index (χ1n) is 6.39. The van der Waals surface area contributed by atoms with E-state index in [2.05, 4.69) is 50.1 Å². The van der Waals surface area contributed by atoms with Gasteiger partial charge in [0.15, 0.2) is 5.13 Å². The molecule has 1 aromatic carbocycles. The predicted molar refractivity (Wildman–Crippen MR) is 82.9 cm³/mol. The van der Waals surface area contributed by atoms with Crippen LogP contribution in [0.1, 0.15) is 23.3 Å². The van der Waals surface area contributed by atoms with Gasteiger partial charge in [0.1, 0.15) is 0 Å². The molecule has 1 aliphatic rings. The summed E-state index contributed by atoms with van der Waals surface area (Å²) in [6.07, 6.45) is 4.51. The van der Waals surface area contributed by atoms with E-state index in [1.165, 1.54) is 23.3 Å². The Bertz CT molecular complexity index is 565. The normalized spacial score (nSPS) is 15.1. The zero-order chi connectivity index (χ0) is 13.2. The van der Waals surface area contributed by atoms with Crippen molar-refractivity contribution < 1.29 is 0 Å². The van der Waals surface area contributed by atoms with Gasteiger partial charge >= 0.3 is 0 Å². The van der Waals surface area contributed by atoms with E-state index in [1.807, 2.05) is 6.20 Å². The van der Waals surface area contributed by atoms with Crippen molar-refractivity contribution in [2.24, 2.45) is 0 Å². The van der Waals surface area contributed by atoms with Gasteiger partial charge in [-0.1, -0.05) is 28.1 Å². The van der Waals surface area contributed by atoms with E-state index in [0.29, 0.717) is 5.13 Å². The molecular formula is C14H16BrN3S. The number of nitrogens with two attached hydrogens (primary N) is 1. The largest absolute Gasteiger partial charge is 0.375 e. The number of halogens is 1. The topological polar surface area (TPSA) is 42.1 Å². The first-order chi connectivity index (χ1) is 9.20. The monoisotopic (exact) mass is 337 g/mol. The smallest absolute Gasteiger partial charge is 0.180 e. The zero-order valence-corrected chi connectivity index (χ0v) is 13.0. The van der Waals surface area contributed by atoms with E-state index < -0.39 is 0 Å². The number of thiazole rings is 1.